The molecule has 0 radical (unpaired) electrons. The number of aliphatic hydroxyl groups excluding tert-OH is 1. The van der Waals surface area contributed by atoms with E-state index in [9.17, 15) is 19.2 Å². The van der Waals surface area contributed by atoms with Crippen LogP contribution in [0.4, 0.5) is 22.7 Å². The molecule has 33 heteroatoms. The number of piperidine rings is 4. The van der Waals surface area contributed by atoms with Gasteiger partial charge in [0.15, 0.2) is 0 Å². The summed E-state index contributed by atoms with van der Waals surface area (Å²) in [4.78, 5) is 101. The van der Waals surface area contributed by atoms with Crippen molar-refractivity contribution >= 4 is 67.4 Å². The Morgan fingerprint density at radius 2 is 0.585 bits per heavy atom. The molecule has 20 heterocycles. The SMILES string of the molecule is CCCNC1(C)CCN(c2ccc3nc(-c4cc5c(C)nc(C)cn5n4)cc(=O)n3c2)CC1.CCNC1(C)CCN(c2ccc3nc(-c4cc5c(C)nc(C)cn5n4)cc(=O)n3c2)CC1.Cc1cn2nc(-c3cc(=O)n4cc(N5CCC(C)(N(C)C)CC5)ccc4n3)cc2c(C)n1.Cc1cn2nc(-c3cc(=O)n4cc(N5CCC(C)(NCCO)CC5)ccc4n3)cc2c(C)n1. The lowest BCUT2D eigenvalue weighted by Gasteiger charge is -2.44. The predicted octanol–water partition coefficient (Wildman–Crippen LogP) is 11.3. The number of pyridine rings is 4. The first-order chi connectivity index (χ1) is 62.3. The molecule has 0 atom stereocenters. The number of fused-ring (bicyclic) bond motifs is 8. The zero-order valence-electron chi connectivity index (χ0n) is 77.5. The molecular weight excluding hydrogens is 1640 g/mol. The third-order valence-corrected chi connectivity index (χ3v) is 26.7. The Kier molecular flexibility index (Phi) is 24.7. The number of β-amino-alcohol motifs (C(OH)–C–C–N with tert-alkyl or cyclic N) is 1. The van der Waals surface area contributed by atoms with E-state index in [-0.39, 0.29) is 51.0 Å². The largest absolute Gasteiger partial charge is 0.395 e. The Bertz CT molecular complexity index is 6990. The van der Waals surface area contributed by atoms with E-state index in [0.29, 0.717) is 74.7 Å². The van der Waals surface area contributed by atoms with Crippen LogP contribution in [0.2, 0.25) is 0 Å². The molecule has 130 heavy (non-hydrogen) atoms. The summed E-state index contributed by atoms with van der Waals surface area (Å²) in [5, 5.41) is 38.3. The van der Waals surface area contributed by atoms with Crippen LogP contribution in [-0.4, -0.2) is 221 Å². The van der Waals surface area contributed by atoms with Gasteiger partial charge in [-0.3, -0.25) is 56.7 Å². The third-order valence-electron chi connectivity index (χ3n) is 26.7. The van der Waals surface area contributed by atoms with E-state index in [2.05, 4.69) is 155 Å². The molecule has 16 aromatic rings. The van der Waals surface area contributed by atoms with Gasteiger partial charge in [0.2, 0.25) is 0 Å². The molecule has 0 aromatic carbocycles. The predicted molar refractivity (Wildman–Crippen MR) is 512 cm³/mol. The Labute approximate surface area is 753 Å². The number of aliphatic hydroxyl groups is 1. The highest BCUT2D eigenvalue weighted by atomic mass is 16.3. The van der Waals surface area contributed by atoms with Gasteiger partial charge in [-0.25, -0.2) is 38.0 Å². The van der Waals surface area contributed by atoms with Crippen molar-refractivity contribution in [2.45, 2.75) is 177 Å². The number of hydrogen-bond donors (Lipinski definition) is 4. The minimum atomic E-state index is -0.133. The van der Waals surface area contributed by atoms with E-state index in [1.165, 1.54) is 0 Å². The number of rotatable bonds is 17. The van der Waals surface area contributed by atoms with Gasteiger partial charge in [-0.1, -0.05) is 13.8 Å². The van der Waals surface area contributed by atoms with Gasteiger partial charge in [0, 0.05) is 130 Å². The maximum atomic E-state index is 13.0. The van der Waals surface area contributed by atoms with Crippen molar-refractivity contribution < 1.29 is 5.11 Å². The summed E-state index contributed by atoms with van der Waals surface area (Å²) in [6.07, 6.45) is 24.7. The second kappa shape index (κ2) is 36.1. The van der Waals surface area contributed by atoms with Crippen LogP contribution in [0.1, 0.15) is 145 Å². The van der Waals surface area contributed by atoms with Gasteiger partial charge in [0.1, 0.15) is 45.4 Å². The molecule has 4 aliphatic heterocycles. The van der Waals surface area contributed by atoms with Crippen LogP contribution in [-0.2, 0) is 0 Å². The molecule has 0 spiro atoms. The molecule has 20 rings (SSSR count). The zero-order valence-corrected chi connectivity index (χ0v) is 77.5. The molecule has 0 unspecified atom stereocenters. The van der Waals surface area contributed by atoms with Crippen molar-refractivity contribution in [3.63, 3.8) is 0 Å². The summed E-state index contributed by atoms with van der Waals surface area (Å²) in [6, 6.07) is 29.8. The van der Waals surface area contributed by atoms with Crippen LogP contribution in [0, 0.1) is 55.4 Å². The second-order valence-corrected chi connectivity index (χ2v) is 36.8. The minimum absolute atomic E-state index is 0.0316. The molecule has 4 saturated heterocycles. The van der Waals surface area contributed by atoms with Crippen LogP contribution >= 0.6 is 0 Å². The maximum Gasteiger partial charge on any atom is 0.258 e. The summed E-state index contributed by atoms with van der Waals surface area (Å²) in [7, 11) is 4.30. The van der Waals surface area contributed by atoms with Crippen LogP contribution < -0.4 is 57.8 Å². The van der Waals surface area contributed by atoms with Crippen molar-refractivity contribution in [3.05, 3.63) is 234 Å². The Morgan fingerprint density at radius 1 is 0.331 bits per heavy atom. The highest BCUT2D eigenvalue weighted by Gasteiger charge is 2.35. The molecule has 16 aromatic heterocycles. The molecule has 33 nitrogen and oxygen atoms in total. The van der Waals surface area contributed by atoms with Crippen molar-refractivity contribution in [3.8, 4) is 45.6 Å². The average Bonchev–Trinajstić information content (AvgIpc) is 1.45. The minimum Gasteiger partial charge on any atom is -0.395 e. The third kappa shape index (κ3) is 18.6. The van der Waals surface area contributed by atoms with Gasteiger partial charge >= 0.3 is 0 Å². The first-order valence-electron chi connectivity index (χ1n) is 45.3. The fourth-order valence-electron chi connectivity index (χ4n) is 18.5. The Hall–Kier alpha value is -13.1. The monoisotopic (exact) mass is 1750 g/mol. The molecule has 0 bridgehead atoms. The quantitative estimate of drug-likeness (QED) is 0.0658. The molecule has 4 N–H and O–H groups in total. The van der Waals surface area contributed by atoms with Crippen LogP contribution in [0.15, 0.2) is 166 Å². The number of anilines is 4. The first-order valence-corrected chi connectivity index (χ1v) is 45.3. The molecule has 0 aliphatic carbocycles. The van der Waals surface area contributed by atoms with Gasteiger partial charge in [-0.2, -0.15) is 20.4 Å². The lowest BCUT2D eigenvalue weighted by Crippen LogP contribution is -2.52. The topological polar surface area (TPSA) is 331 Å². The van der Waals surface area contributed by atoms with Gasteiger partial charge in [-0.05, 0) is 241 Å². The highest BCUT2D eigenvalue weighted by molar-refractivity contribution is 5.71. The lowest BCUT2D eigenvalue weighted by atomic mass is 9.88. The molecule has 4 fully saturated rings. The summed E-state index contributed by atoms with van der Waals surface area (Å²) in [5.41, 5.74) is 22.6. The average molecular weight is 1760 g/mol. The van der Waals surface area contributed by atoms with Crippen molar-refractivity contribution in [2.75, 3.05) is 112 Å². The molecular formula is C97H118N28O5. The summed E-state index contributed by atoms with van der Waals surface area (Å²) in [5.74, 6) is 0. The van der Waals surface area contributed by atoms with E-state index < -0.39 is 0 Å². The van der Waals surface area contributed by atoms with E-state index in [1.807, 2.05) is 160 Å². The molecule has 4 aliphatic rings. The zero-order chi connectivity index (χ0) is 91.4. The number of hydrogen-bond acceptors (Lipinski definition) is 25. The maximum absolute atomic E-state index is 13.0. The van der Waals surface area contributed by atoms with Crippen molar-refractivity contribution in [1.82, 2.24) is 117 Å². The van der Waals surface area contributed by atoms with Gasteiger partial charge in [-0.15, -0.1) is 0 Å². The lowest BCUT2D eigenvalue weighted by molar-refractivity contribution is 0.137. The molecule has 0 amide bonds. The number of nitrogens with zero attached hydrogens (tertiary/aromatic N) is 25. The summed E-state index contributed by atoms with van der Waals surface area (Å²) < 4.78 is 13.7. The van der Waals surface area contributed by atoms with E-state index in [1.54, 1.807) is 59.9 Å². The fourth-order valence-corrected chi connectivity index (χ4v) is 18.5. The highest BCUT2D eigenvalue weighted by Crippen LogP contribution is 2.34. The number of aryl methyl sites for hydroxylation is 8. The molecule has 676 valence electrons. The fraction of sp³-hybridized carbons (Fsp3) is 0.423. The second-order valence-electron chi connectivity index (χ2n) is 36.8. The normalized spacial score (nSPS) is 16.2. The van der Waals surface area contributed by atoms with Crippen LogP contribution in [0.5, 0.6) is 0 Å². The molecule has 0 saturated carbocycles. The standard InChI is InChI=1S/C25H31N7O.C24H29N7O2.2C24H29N7O/c1-5-10-26-25(4)8-11-30(12-9-25)19-6-7-23-28-20(14-24(33)31(23)16-19)21-13-22-18(3)27-17(2)15-32(22)29-21;1-16-14-31-21(17(2)26-16)12-20(28-31)19-13-23(33)30-15-18(4-5-22(30)27-19)29-9-6-24(3,7-10-29)25-8-11-32;1-16-14-31-21(17(2)25-16)12-20(27-31)19-13-23(32)30-15-18(6-7-22(30)26-19)29-10-8-24(3,9-11-29)28(4)5;1-5-25-24(4)8-10-29(11-9-24)18-6-7-22-27-19(13-23(32)30(22)15-18)20-12-21-17(3)26-16(2)14-31(21)28-20/h6-7,13-16,26H,5,8-12H2,1-4H3;4-5,12-15,25,32H,6-11H2,1-3H3;6-7,12-15H,8-11H2,1-5H3;6-7,12-15,25H,5,8-11H2,1-4H3. The van der Waals surface area contributed by atoms with Crippen molar-refractivity contribution in [1.29, 1.82) is 0 Å². The van der Waals surface area contributed by atoms with E-state index in [0.717, 1.165) is 214 Å². The first kappa shape index (κ1) is 88.9. The van der Waals surface area contributed by atoms with Gasteiger partial charge in [0.05, 0.1) is 145 Å². The van der Waals surface area contributed by atoms with Crippen molar-refractivity contribution in [2.24, 2.45) is 0 Å². The number of aromatic nitrogens is 20. The summed E-state index contributed by atoms with van der Waals surface area (Å²) >= 11 is 0. The Morgan fingerprint density at radius 3 is 0.831 bits per heavy atom. The van der Waals surface area contributed by atoms with Crippen LogP contribution in [0.25, 0.3) is 90.2 Å². The van der Waals surface area contributed by atoms with Gasteiger partial charge < -0.3 is 45.6 Å². The number of nitrogens with one attached hydrogen (secondary N) is 3. The van der Waals surface area contributed by atoms with Gasteiger partial charge in [0.25, 0.3) is 22.2 Å². The Balaban J connectivity index is 0.000000121. The van der Waals surface area contributed by atoms with E-state index in [4.69, 9.17) is 25.0 Å². The van der Waals surface area contributed by atoms with E-state index >= 15 is 0 Å². The summed E-state index contributed by atoms with van der Waals surface area (Å²) in [6.45, 7) is 39.4. The smallest absolute Gasteiger partial charge is 0.258 e. The van der Waals surface area contributed by atoms with Crippen LogP contribution in [0.3, 0.4) is 0 Å².